The Kier molecular flexibility index (Phi) is 6.96. The lowest BCUT2D eigenvalue weighted by Crippen LogP contribution is -2.42. The van der Waals surface area contributed by atoms with Gasteiger partial charge in [0.1, 0.15) is 5.75 Å². The average molecular weight is 448 g/mol. The van der Waals surface area contributed by atoms with Crippen molar-refractivity contribution < 1.29 is 9.53 Å². The molecule has 3 heterocycles. The highest BCUT2D eigenvalue weighted by Crippen LogP contribution is 2.32. The topological polar surface area (TPSA) is 45.7 Å². The third-order valence-corrected chi connectivity index (χ3v) is 8.00. The molecule has 1 saturated heterocycles. The van der Waals surface area contributed by atoms with Gasteiger partial charge in [-0.15, -0.1) is 0 Å². The maximum absolute atomic E-state index is 13.1. The largest absolute Gasteiger partial charge is 0.497 e. The first kappa shape index (κ1) is 22.4. The molecule has 0 unspecified atom stereocenters. The van der Waals surface area contributed by atoms with Crippen LogP contribution < -0.4 is 4.74 Å². The molecule has 0 radical (unpaired) electrons. The predicted molar refractivity (Wildman–Crippen MR) is 131 cm³/mol. The minimum atomic E-state index is 0.135. The van der Waals surface area contributed by atoms with E-state index in [1.54, 1.807) is 7.11 Å². The Labute approximate surface area is 198 Å². The number of carbonyl (C=O) groups excluding carboxylic acids is 1. The molecule has 0 spiro atoms. The molecule has 5 nitrogen and oxygen atoms in total. The van der Waals surface area contributed by atoms with Crippen molar-refractivity contribution in [1.82, 2.24) is 14.8 Å². The maximum Gasteiger partial charge on any atom is 0.255 e. The molecule has 5 heteroatoms. The zero-order chi connectivity index (χ0) is 22.6. The zero-order valence-corrected chi connectivity index (χ0v) is 20.0. The van der Waals surface area contributed by atoms with E-state index >= 15 is 0 Å². The molecule has 1 saturated carbocycles. The number of carbonyl (C=O) groups is 1. The summed E-state index contributed by atoms with van der Waals surface area (Å²) in [6.07, 6.45) is 11.1. The fourth-order valence-electron chi connectivity index (χ4n) is 5.92. The second kappa shape index (κ2) is 10.3. The van der Waals surface area contributed by atoms with Crippen LogP contribution in [0.4, 0.5) is 0 Å². The van der Waals surface area contributed by atoms with Gasteiger partial charge in [0.15, 0.2) is 0 Å². The van der Waals surface area contributed by atoms with Crippen LogP contribution in [0.2, 0.25) is 0 Å². The number of rotatable bonds is 6. The standard InChI is InChI=1S/C28H37N3O2/c1-33-24-9-7-21(8-10-24)13-17-31-20-16-27-25(28(31)32)11-12-26(29-27)22-14-18-30(19-15-22)23-5-3-2-4-6-23/h7-12,22-23H,2-6,13-20H2,1H3. The fraction of sp³-hybridized carbons (Fsp3) is 0.571. The lowest BCUT2D eigenvalue weighted by molar-refractivity contribution is 0.0739. The second-order valence-electron chi connectivity index (χ2n) is 9.97. The second-order valence-corrected chi connectivity index (χ2v) is 9.97. The number of methoxy groups -OCH3 is 1. The van der Waals surface area contributed by atoms with Crippen LogP contribution in [-0.4, -0.2) is 60.0 Å². The summed E-state index contributed by atoms with van der Waals surface area (Å²) in [6, 6.07) is 13.1. The number of pyridine rings is 1. The van der Waals surface area contributed by atoms with Crippen molar-refractivity contribution in [2.45, 2.75) is 69.7 Å². The van der Waals surface area contributed by atoms with E-state index in [1.807, 2.05) is 23.1 Å². The molecule has 1 aromatic heterocycles. The van der Waals surface area contributed by atoms with E-state index in [-0.39, 0.29) is 5.91 Å². The zero-order valence-electron chi connectivity index (χ0n) is 20.0. The Morgan fingerprint density at radius 2 is 1.70 bits per heavy atom. The molecule has 1 aliphatic carbocycles. The van der Waals surface area contributed by atoms with Gasteiger partial charge in [-0.3, -0.25) is 9.78 Å². The molecule has 5 rings (SSSR count). The van der Waals surface area contributed by atoms with Gasteiger partial charge in [-0.2, -0.15) is 0 Å². The molecule has 1 amide bonds. The van der Waals surface area contributed by atoms with Crippen LogP contribution in [0.3, 0.4) is 0 Å². The van der Waals surface area contributed by atoms with Gasteiger partial charge in [-0.25, -0.2) is 0 Å². The lowest BCUT2D eigenvalue weighted by atomic mass is 9.88. The Hall–Kier alpha value is -2.40. The molecule has 1 aromatic carbocycles. The first-order valence-corrected chi connectivity index (χ1v) is 12.9. The van der Waals surface area contributed by atoms with E-state index in [2.05, 4.69) is 23.1 Å². The van der Waals surface area contributed by atoms with E-state index in [9.17, 15) is 4.79 Å². The Morgan fingerprint density at radius 3 is 2.42 bits per heavy atom. The van der Waals surface area contributed by atoms with E-state index in [1.165, 1.54) is 69.3 Å². The van der Waals surface area contributed by atoms with Gasteiger partial charge in [-0.1, -0.05) is 31.4 Å². The van der Waals surface area contributed by atoms with Crippen LogP contribution in [0.1, 0.15) is 78.2 Å². The highest BCUT2D eigenvalue weighted by atomic mass is 16.5. The smallest absolute Gasteiger partial charge is 0.255 e. The minimum Gasteiger partial charge on any atom is -0.497 e. The lowest BCUT2D eigenvalue weighted by Gasteiger charge is -2.39. The maximum atomic E-state index is 13.1. The number of likely N-dealkylation sites (tertiary alicyclic amines) is 1. The number of fused-ring (bicyclic) bond motifs is 1. The van der Waals surface area contributed by atoms with Gasteiger partial charge in [0, 0.05) is 37.2 Å². The number of hydrogen-bond acceptors (Lipinski definition) is 4. The summed E-state index contributed by atoms with van der Waals surface area (Å²) in [5, 5.41) is 0. The Bertz CT molecular complexity index is 944. The Balaban J connectivity index is 1.17. The first-order chi connectivity index (χ1) is 16.2. The van der Waals surface area contributed by atoms with Crippen LogP contribution in [-0.2, 0) is 12.8 Å². The summed E-state index contributed by atoms with van der Waals surface area (Å²) in [4.78, 5) is 22.8. The molecule has 2 aromatic rings. The van der Waals surface area contributed by atoms with Gasteiger partial charge in [-0.05, 0) is 75.0 Å². The highest BCUT2D eigenvalue weighted by molar-refractivity contribution is 5.96. The Morgan fingerprint density at radius 1 is 0.939 bits per heavy atom. The van der Waals surface area contributed by atoms with Crippen molar-refractivity contribution >= 4 is 5.91 Å². The van der Waals surface area contributed by atoms with Crippen LogP contribution >= 0.6 is 0 Å². The number of hydrogen-bond donors (Lipinski definition) is 0. The summed E-state index contributed by atoms with van der Waals surface area (Å²) in [5.74, 6) is 1.54. The van der Waals surface area contributed by atoms with Crippen molar-refractivity contribution in [2.24, 2.45) is 0 Å². The van der Waals surface area contributed by atoms with Crippen LogP contribution in [0, 0.1) is 0 Å². The summed E-state index contributed by atoms with van der Waals surface area (Å²) in [6.45, 7) is 3.91. The third-order valence-electron chi connectivity index (χ3n) is 8.00. The summed E-state index contributed by atoms with van der Waals surface area (Å²) >= 11 is 0. The van der Waals surface area contributed by atoms with Crippen LogP contribution in [0.5, 0.6) is 5.75 Å². The SMILES string of the molecule is COc1ccc(CCN2CCc3nc(C4CCN(C5CCCCC5)CC4)ccc3C2=O)cc1. The summed E-state index contributed by atoms with van der Waals surface area (Å²) < 4.78 is 5.23. The summed E-state index contributed by atoms with van der Waals surface area (Å²) in [7, 11) is 1.68. The molecular weight excluding hydrogens is 410 g/mol. The van der Waals surface area contributed by atoms with E-state index in [0.717, 1.165) is 49.0 Å². The number of amides is 1. The summed E-state index contributed by atoms with van der Waals surface area (Å²) in [5.41, 5.74) is 4.24. The molecule has 2 aliphatic heterocycles. The van der Waals surface area contributed by atoms with E-state index < -0.39 is 0 Å². The minimum absolute atomic E-state index is 0.135. The third kappa shape index (κ3) is 5.08. The van der Waals surface area contributed by atoms with Crippen LogP contribution in [0.25, 0.3) is 0 Å². The highest BCUT2D eigenvalue weighted by Gasteiger charge is 2.29. The fourth-order valence-corrected chi connectivity index (χ4v) is 5.92. The van der Waals surface area contributed by atoms with Crippen molar-refractivity contribution in [1.29, 1.82) is 0 Å². The molecule has 33 heavy (non-hydrogen) atoms. The normalized spacial score (nSPS) is 20.6. The van der Waals surface area contributed by atoms with E-state index in [0.29, 0.717) is 5.92 Å². The van der Waals surface area contributed by atoms with Gasteiger partial charge in [0.25, 0.3) is 5.91 Å². The number of aromatic nitrogens is 1. The van der Waals surface area contributed by atoms with Crippen molar-refractivity contribution in [3.8, 4) is 5.75 Å². The van der Waals surface area contributed by atoms with Crippen LogP contribution in [0.15, 0.2) is 36.4 Å². The molecule has 176 valence electrons. The molecule has 0 N–H and O–H groups in total. The monoisotopic (exact) mass is 447 g/mol. The number of nitrogens with zero attached hydrogens (tertiary/aromatic N) is 3. The number of benzene rings is 1. The van der Waals surface area contributed by atoms with Gasteiger partial charge < -0.3 is 14.5 Å². The first-order valence-electron chi connectivity index (χ1n) is 12.9. The quantitative estimate of drug-likeness (QED) is 0.635. The van der Waals surface area contributed by atoms with Gasteiger partial charge in [0.2, 0.25) is 0 Å². The average Bonchev–Trinajstić information content (AvgIpc) is 2.89. The molecule has 0 bridgehead atoms. The number of ether oxygens (including phenoxy) is 1. The molecule has 0 atom stereocenters. The van der Waals surface area contributed by atoms with E-state index in [4.69, 9.17) is 9.72 Å². The predicted octanol–water partition coefficient (Wildman–Crippen LogP) is 4.84. The van der Waals surface area contributed by atoms with Gasteiger partial charge in [0.05, 0.1) is 18.4 Å². The van der Waals surface area contributed by atoms with Crippen molar-refractivity contribution in [2.75, 3.05) is 33.3 Å². The molecule has 3 aliphatic rings. The number of piperidine rings is 1. The van der Waals surface area contributed by atoms with Crippen molar-refractivity contribution in [3.63, 3.8) is 0 Å². The van der Waals surface area contributed by atoms with Crippen molar-refractivity contribution in [3.05, 3.63) is 58.9 Å². The molecule has 2 fully saturated rings. The van der Waals surface area contributed by atoms with Gasteiger partial charge >= 0.3 is 0 Å². The molecular formula is C28H37N3O2.